The summed E-state index contributed by atoms with van der Waals surface area (Å²) in [6.45, 7) is 1.52. The van der Waals surface area contributed by atoms with Gasteiger partial charge in [0.2, 0.25) is 0 Å². The Kier molecular flexibility index (Phi) is 4.62. The van der Waals surface area contributed by atoms with Crippen molar-refractivity contribution in [2.45, 2.75) is 18.0 Å². The number of allylic oxidation sites excluding steroid dienone is 2. The summed E-state index contributed by atoms with van der Waals surface area (Å²) in [5.41, 5.74) is 3.67. The Morgan fingerprint density at radius 3 is 2.24 bits per heavy atom. The molecule has 2 aliphatic heterocycles. The smallest absolute Gasteiger partial charge is 0.175 e. The Hall–Kier alpha value is -3.19. The molecule has 0 radical (unpaired) electrons. The van der Waals surface area contributed by atoms with Gasteiger partial charge in [-0.05, 0) is 55.0 Å². The van der Waals surface area contributed by atoms with Crippen LogP contribution in [-0.4, -0.2) is 31.5 Å². The third kappa shape index (κ3) is 3.49. The minimum atomic E-state index is -3.31. The molecule has 2 aromatic rings. The minimum absolute atomic E-state index is 0.0519. The van der Waals surface area contributed by atoms with Crippen LogP contribution in [0.25, 0.3) is 11.4 Å². The van der Waals surface area contributed by atoms with Crippen LogP contribution in [0.4, 0.5) is 4.39 Å². The van der Waals surface area contributed by atoms with Crippen LogP contribution in [0.1, 0.15) is 18.1 Å². The summed E-state index contributed by atoms with van der Waals surface area (Å²) < 4.78 is 37.0. The van der Waals surface area contributed by atoms with Gasteiger partial charge < -0.3 is 10.2 Å². The van der Waals surface area contributed by atoms with Gasteiger partial charge in [-0.25, -0.2) is 12.8 Å². The van der Waals surface area contributed by atoms with Crippen molar-refractivity contribution in [1.29, 1.82) is 0 Å². The molecule has 0 aliphatic carbocycles. The number of fused-ring (bicyclic) bond motifs is 1. The Morgan fingerprint density at radius 1 is 1.03 bits per heavy atom. The van der Waals surface area contributed by atoms with Gasteiger partial charge in [-0.15, -0.1) is 0 Å². The summed E-state index contributed by atoms with van der Waals surface area (Å²) in [4.78, 5) is 14.3. The number of rotatable bonds is 4. The van der Waals surface area contributed by atoms with Gasteiger partial charge in [0.15, 0.2) is 15.6 Å². The second-order valence-electron chi connectivity index (χ2n) is 7.00. The van der Waals surface area contributed by atoms with Gasteiger partial charge in [0.1, 0.15) is 12.0 Å². The van der Waals surface area contributed by atoms with E-state index in [9.17, 15) is 17.6 Å². The van der Waals surface area contributed by atoms with E-state index in [1.807, 2.05) is 11.1 Å². The van der Waals surface area contributed by atoms with E-state index in [4.69, 9.17) is 0 Å². The lowest BCUT2D eigenvalue weighted by molar-refractivity contribution is -0.114. The van der Waals surface area contributed by atoms with E-state index in [0.29, 0.717) is 5.57 Å². The van der Waals surface area contributed by atoms with Crippen LogP contribution in [0, 0.1) is 5.82 Å². The van der Waals surface area contributed by atoms with Gasteiger partial charge in [0.25, 0.3) is 0 Å². The van der Waals surface area contributed by atoms with Gasteiger partial charge in [-0.2, -0.15) is 0 Å². The van der Waals surface area contributed by atoms with Gasteiger partial charge in [-0.1, -0.05) is 18.2 Å². The van der Waals surface area contributed by atoms with Crippen molar-refractivity contribution in [2.75, 3.05) is 6.26 Å². The second-order valence-corrected chi connectivity index (χ2v) is 9.02. The summed E-state index contributed by atoms with van der Waals surface area (Å²) in [5.74, 6) is -0.390. The lowest BCUT2D eigenvalue weighted by Gasteiger charge is -2.29. The first kappa shape index (κ1) is 19.1. The number of carbonyl (C=O) groups is 1. The predicted molar refractivity (Wildman–Crippen MR) is 109 cm³/mol. The standard InChI is InChI=1S/C22H19FN2O3S/c1-14(26)19-4-3-13-25-21(16-5-9-17(23)10-6-16)20(24-22(19)25)15-7-11-18(12-8-15)29(2,27)28/h3-13,22,24H,1-2H3. The monoisotopic (exact) mass is 410 g/mol. The average molecular weight is 410 g/mol. The van der Waals surface area contributed by atoms with Gasteiger partial charge >= 0.3 is 0 Å². The second kappa shape index (κ2) is 7.00. The molecule has 29 heavy (non-hydrogen) atoms. The Bertz CT molecular complexity index is 1180. The number of ketones is 1. The number of hydrogen-bond acceptors (Lipinski definition) is 5. The number of sulfone groups is 1. The molecule has 1 unspecified atom stereocenters. The first-order valence-electron chi connectivity index (χ1n) is 9.00. The lowest BCUT2D eigenvalue weighted by Crippen LogP contribution is -2.39. The van der Waals surface area contributed by atoms with Crippen molar-refractivity contribution >= 4 is 27.0 Å². The molecule has 0 saturated carbocycles. The summed E-state index contributed by atoms with van der Waals surface area (Å²) >= 11 is 0. The highest BCUT2D eigenvalue weighted by Gasteiger charge is 2.36. The van der Waals surface area contributed by atoms with E-state index < -0.39 is 9.84 Å². The zero-order valence-corrected chi connectivity index (χ0v) is 16.7. The Morgan fingerprint density at radius 2 is 1.66 bits per heavy atom. The van der Waals surface area contributed by atoms with Gasteiger partial charge in [-0.3, -0.25) is 4.79 Å². The third-order valence-corrected chi connectivity index (χ3v) is 6.10. The third-order valence-electron chi connectivity index (χ3n) is 4.97. The average Bonchev–Trinajstić information content (AvgIpc) is 3.07. The van der Waals surface area contributed by atoms with E-state index in [2.05, 4.69) is 5.32 Å². The number of nitrogens with zero attached hydrogens (tertiary/aromatic N) is 1. The van der Waals surface area contributed by atoms with Crippen LogP contribution in [-0.2, 0) is 14.6 Å². The van der Waals surface area contributed by atoms with Crippen LogP contribution in [0.2, 0.25) is 0 Å². The highest BCUT2D eigenvalue weighted by atomic mass is 32.2. The molecule has 2 aromatic carbocycles. The predicted octanol–water partition coefficient (Wildman–Crippen LogP) is 3.33. The van der Waals surface area contributed by atoms with Crippen molar-refractivity contribution in [3.63, 3.8) is 0 Å². The maximum Gasteiger partial charge on any atom is 0.175 e. The molecule has 5 nitrogen and oxygen atoms in total. The van der Waals surface area contributed by atoms with Crippen molar-refractivity contribution in [3.8, 4) is 0 Å². The zero-order chi connectivity index (χ0) is 20.8. The molecule has 0 amide bonds. The molecule has 2 aliphatic rings. The number of halogens is 1. The van der Waals surface area contributed by atoms with Crippen molar-refractivity contribution in [2.24, 2.45) is 0 Å². The lowest BCUT2D eigenvalue weighted by atomic mass is 10.0. The van der Waals surface area contributed by atoms with Gasteiger partial charge in [0, 0.05) is 23.6 Å². The quantitative estimate of drug-likeness (QED) is 0.838. The van der Waals surface area contributed by atoms with Crippen LogP contribution in [0.5, 0.6) is 0 Å². The zero-order valence-electron chi connectivity index (χ0n) is 15.9. The number of carbonyl (C=O) groups excluding carboxylic acids is 1. The van der Waals surface area contributed by atoms with E-state index in [1.54, 1.807) is 48.6 Å². The Labute approximate surface area is 168 Å². The van der Waals surface area contributed by atoms with Crippen molar-refractivity contribution in [3.05, 3.63) is 89.4 Å². The molecule has 2 heterocycles. The summed E-state index contributed by atoms with van der Waals surface area (Å²) in [6, 6.07) is 12.7. The number of benzene rings is 2. The van der Waals surface area contributed by atoms with Crippen molar-refractivity contribution < 1.29 is 17.6 Å². The molecule has 1 atom stereocenters. The first-order valence-corrected chi connectivity index (χ1v) is 10.9. The van der Waals surface area contributed by atoms with Gasteiger partial charge in [0.05, 0.1) is 16.3 Å². The highest BCUT2D eigenvalue weighted by molar-refractivity contribution is 7.90. The number of nitrogens with one attached hydrogen (secondary N) is 1. The summed E-state index contributed by atoms with van der Waals surface area (Å²) in [6.07, 6.45) is 6.21. The maximum atomic E-state index is 13.5. The molecule has 7 heteroatoms. The van der Waals surface area contributed by atoms with Crippen LogP contribution in [0.15, 0.2) is 77.4 Å². The number of hydrogen-bond donors (Lipinski definition) is 1. The molecule has 0 aromatic heterocycles. The van der Waals surface area contributed by atoms with E-state index in [1.165, 1.54) is 19.1 Å². The normalized spacial score (nSPS) is 18.4. The molecule has 0 bridgehead atoms. The molecule has 0 fully saturated rings. The molecular formula is C22H19FN2O3S. The van der Waals surface area contributed by atoms with E-state index in [-0.39, 0.29) is 22.7 Å². The SMILES string of the molecule is CC(=O)C1=CC=CN2C(c3ccc(F)cc3)=C(c3ccc(S(C)(=O)=O)cc3)NC12. The summed E-state index contributed by atoms with van der Waals surface area (Å²) in [5, 5.41) is 3.38. The van der Waals surface area contributed by atoms with Crippen LogP contribution in [0.3, 0.4) is 0 Å². The topological polar surface area (TPSA) is 66.5 Å². The minimum Gasteiger partial charge on any atom is -0.359 e. The highest BCUT2D eigenvalue weighted by Crippen LogP contribution is 2.38. The summed E-state index contributed by atoms with van der Waals surface area (Å²) in [7, 11) is -3.31. The fraction of sp³-hybridized carbons (Fsp3) is 0.136. The molecule has 0 saturated heterocycles. The van der Waals surface area contributed by atoms with Crippen LogP contribution >= 0.6 is 0 Å². The van der Waals surface area contributed by atoms with E-state index in [0.717, 1.165) is 28.8 Å². The van der Waals surface area contributed by atoms with Crippen LogP contribution < -0.4 is 5.32 Å². The van der Waals surface area contributed by atoms with Crippen molar-refractivity contribution in [1.82, 2.24) is 10.2 Å². The number of Topliss-reactive ketones (excluding diaryl/α,β-unsaturated/α-hetero) is 1. The molecular weight excluding hydrogens is 391 g/mol. The molecule has 4 rings (SSSR count). The molecule has 0 spiro atoms. The fourth-order valence-electron chi connectivity index (χ4n) is 3.55. The first-order chi connectivity index (χ1) is 13.8. The van der Waals surface area contributed by atoms with E-state index >= 15 is 0 Å². The largest absolute Gasteiger partial charge is 0.359 e. The molecule has 148 valence electrons. The fourth-order valence-corrected chi connectivity index (χ4v) is 4.18. The Balaban J connectivity index is 1.86. The maximum absolute atomic E-state index is 13.5. The molecule has 1 N–H and O–H groups in total.